The average molecular weight is 593 g/mol. The largest absolute Gasteiger partial charge is 0.508 e. The van der Waals surface area contributed by atoms with E-state index in [1.54, 1.807) is 57.2 Å². The first-order valence-electron chi connectivity index (χ1n) is 14.2. The van der Waals surface area contributed by atoms with Gasteiger partial charge in [0, 0.05) is 12.1 Å². The molecule has 3 amide bonds. The lowest BCUT2D eigenvalue weighted by atomic mass is 9.99. The number of nitrogens with one attached hydrogen (secondary N) is 2. The predicted molar refractivity (Wildman–Crippen MR) is 169 cm³/mol. The molecule has 4 aromatic carbocycles. The van der Waals surface area contributed by atoms with Crippen molar-refractivity contribution in [1.29, 1.82) is 5.26 Å². The van der Waals surface area contributed by atoms with Crippen molar-refractivity contribution in [3.63, 3.8) is 0 Å². The number of benzene rings is 4. The summed E-state index contributed by atoms with van der Waals surface area (Å²) in [6.07, 6.45) is -0.799. The van der Waals surface area contributed by atoms with Crippen LogP contribution in [0.5, 0.6) is 5.75 Å². The predicted octanol–water partition coefficient (Wildman–Crippen LogP) is 6.02. The molecule has 2 atom stereocenters. The highest BCUT2D eigenvalue weighted by Gasteiger charge is 2.36. The highest BCUT2D eigenvalue weighted by Crippen LogP contribution is 2.27. The summed E-state index contributed by atoms with van der Waals surface area (Å²) in [4.78, 5) is 42.4. The van der Waals surface area contributed by atoms with Crippen LogP contribution in [0.15, 0.2) is 91.0 Å². The topological polar surface area (TPSA) is 132 Å². The number of nitrogens with zero attached hydrogens (tertiary/aromatic N) is 2. The van der Waals surface area contributed by atoms with Crippen LogP contribution in [0.2, 0.25) is 0 Å². The van der Waals surface area contributed by atoms with Crippen LogP contribution in [-0.4, -0.2) is 46.1 Å². The van der Waals surface area contributed by atoms with E-state index in [2.05, 4.69) is 10.6 Å². The Morgan fingerprint density at radius 2 is 1.64 bits per heavy atom. The van der Waals surface area contributed by atoms with Gasteiger partial charge in [0.15, 0.2) is 0 Å². The molecule has 226 valence electrons. The van der Waals surface area contributed by atoms with Crippen LogP contribution in [0, 0.1) is 18.3 Å². The summed E-state index contributed by atoms with van der Waals surface area (Å²) in [5.41, 5.74) is 1.72. The van der Waals surface area contributed by atoms with Crippen LogP contribution >= 0.6 is 0 Å². The Labute approximate surface area is 257 Å². The molecule has 44 heavy (non-hydrogen) atoms. The Kier molecular flexibility index (Phi) is 9.86. The van der Waals surface area contributed by atoms with Crippen molar-refractivity contribution < 1.29 is 24.2 Å². The smallest absolute Gasteiger partial charge is 0.408 e. The van der Waals surface area contributed by atoms with Gasteiger partial charge in [-0.2, -0.15) is 5.26 Å². The van der Waals surface area contributed by atoms with Crippen LogP contribution < -0.4 is 10.6 Å². The maximum Gasteiger partial charge on any atom is 0.408 e. The third-order valence-corrected chi connectivity index (χ3v) is 6.82. The number of fused-ring (bicyclic) bond motifs is 1. The molecule has 3 N–H and O–H groups in total. The SMILES string of the molecule is Cc1cccc(C(C(=O)Nc2ccc3ccccc3c2)N(CC#N)C(=O)C(Cc2ccc(O)cc2)NC(=O)OC(C)(C)C)c1. The number of hydrogen-bond acceptors (Lipinski definition) is 6. The number of amides is 3. The first kappa shape index (κ1) is 31.6. The maximum atomic E-state index is 14.3. The summed E-state index contributed by atoms with van der Waals surface area (Å²) in [5, 5.41) is 27.1. The van der Waals surface area contributed by atoms with Crippen molar-refractivity contribution in [3.05, 3.63) is 108 Å². The van der Waals surface area contributed by atoms with E-state index in [9.17, 15) is 24.8 Å². The van der Waals surface area contributed by atoms with Crippen LogP contribution in [0.1, 0.15) is 43.5 Å². The molecule has 9 nitrogen and oxygen atoms in total. The number of anilines is 1. The van der Waals surface area contributed by atoms with Gasteiger partial charge < -0.3 is 25.4 Å². The lowest BCUT2D eigenvalue weighted by Crippen LogP contribution is -2.53. The molecule has 2 unspecified atom stereocenters. The van der Waals surface area contributed by atoms with Gasteiger partial charge in [0.25, 0.3) is 5.91 Å². The fraction of sp³-hybridized carbons (Fsp3) is 0.257. The van der Waals surface area contributed by atoms with Gasteiger partial charge in [0.1, 0.15) is 30.0 Å². The van der Waals surface area contributed by atoms with Gasteiger partial charge >= 0.3 is 6.09 Å². The lowest BCUT2D eigenvalue weighted by Gasteiger charge is -2.33. The van der Waals surface area contributed by atoms with Crippen molar-refractivity contribution in [2.24, 2.45) is 0 Å². The number of carbonyl (C=O) groups excluding carboxylic acids is 3. The number of nitriles is 1. The van der Waals surface area contributed by atoms with Gasteiger partial charge in [-0.15, -0.1) is 0 Å². The molecular weight excluding hydrogens is 556 g/mol. The zero-order chi connectivity index (χ0) is 31.9. The van der Waals surface area contributed by atoms with Gasteiger partial charge in [0.05, 0.1) is 6.07 Å². The molecule has 0 aromatic heterocycles. The summed E-state index contributed by atoms with van der Waals surface area (Å²) >= 11 is 0. The number of rotatable bonds is 9. The standard InChI is InChI=1S/C35H36N4O5/c1-23-8-7-11-27(20-23)31(32(41)37-28-15-14-25-9-5-6-10-26(25)22-28)39(19-18-36)33(42)30(38-34(43)44-35(2,3)4)21-24-12-16-29(40)17-13-24/h5-17,20,22,30-31,40H,19,21H2,1-4H3,(H,37,41)(H,38,43). The highest BCUT2D eigenvalue weighted by molar-refractivity contribution is 6.00. The zero-order valence-electron chi connectivity index (χ0n) is 25.2. The van der Waals surface area contributed by atoms with Crippen molar-refractivity contribution in [2.45, 2.75) is 51.8 Å². The minimum atomic E-state index is -1.20. The minimum Gasteiger partial charge on any atom is -0.508 e. The van der Waals surface area contributed by atoms with E-state index < -0.39 is 42.1 Å². The lowest BCUT2D eigenvalue weighted by molar-refractivity contribution is -0.140. The summed E-state index contributed by atoms with van der Waals surface area (Å²) in [5.74, 6) is -1.12. The van der Waals surface area contributed by atoms with E-state index in [0.29, 0.717) is 16.8 Å². The first-order valence-corrected chi connectivity index (χ1v) is 14.2. The van der Waals surface area contributed by atoms with E-state index in [0.717, 1.165) is 16.3 Å². The second-order valence-corrected chi connectivity index (χ2v) is 11.6. The number of carbonyl (C=O) groups is 3. The molecule has 0 saturated carbocycles. The molecule has 0 aliphatic heterocycles. The van der Waals surface area contributed by atoms with Crippen molar-refractivity contribution in [2.75, 3.05) is 11.9 Å². The fourth-order valence-corrected chi connectivity index (χ4v) is 4.88. The average Bonchev–Trinajstić information content (AvgIpc) is 2.96. The second kappa shape index (κ2) is 13.7. The van der Waals surface area contributed by atoms with E-state index in [1.807, 2.05) is 55.5 Å². The molecule has 9 heteroatoms. The van der Waals surface area contributed by atoms with E-state index in [4.69, 9.17) is 4.74 Å². The summed E-state index contributed by atoms with van der Waals surface area (Å²) in [6.45, 7) is 6.56. The molecule has 0 aliphatic carbocycles. The minimum absolute atomic E-state index is 0.0209. The number of ether oxygens (including phenoxy) is 1. The third-order valence-electron chi connectivity index (χ3n) is 6.82. The van der Waals surface area contributed by atoms with Crippen molar-refractivity contribution >= 4 is 34.4 Å². The monoisotopic (exact) mass is 592 g/mol. The fourth-order valence-electron chi connectivity index (χ4n) is 4.88. The molecule has 0 saturated heterocycles. The maximum absolute atomic E-state index is 14.3. The number of aromatic hydroxyl groups is 1. The Hall–Kier alpha value is -5.36. The molecule has 4 aromatic rings. The number of phenolic OH excluding ortho intramolecular Hbond substituents is 1. The Bertz CT molecular complexity index is 1690. The molecule has 0 radical (unpaired) electrons. The Morgan fingerprint density at radius 1 is 0.932 bits per heavy atom. The van der Waals surface area contributed by atoms with Gasteiger partial charge in [0.2, 0.25) is 5.91 Å². The highest BCUT2D eigenvalue weighted by atomic mass is 16.6. The van der Waals surface area contributed by atoms with Crippen molar-refractivity contribution in [1.82, 2.24) is 10.2 Å². The van der Waals surface area contributed by atoms with E-state index in [1.165, 1.54) is 17.0 Å². The summed E-state index contributed by atoms with van der Waals surface area (Å²) in [7, 11) is 0. The Balaban J connectivity index is 1.73. The zero-order valence-corrected chi connectivity index (χ0v) is 25.2. The molecule has 0 bridgehead atoms. The third kappa shape index (κ3) is 8.35. The van der Waals surface area contributed by atoms with Crippen LogP contribution in [0.4, 0.5) is 10.5 Å². The van der Waals surface area contributed by atoms with Crippen LogP contribution in [0.25, 0.3) is 10.8 Å². The number of aryl methyl sites for hydroxylation is 1. The molecule has 0 aliphatic rings. The number of hydrogen-bond donors (Lipinski definition) is 3. The number of phenols is 1. The molecule has 4 rings (SSSR count). The van der Waals surface area contributed by atoms with Crippen molar-refractivity contribution in [3.8, 4) is 11.8 Å². The molecular formula is C35H36N4O5. The van der Waals surface area contributed by atoms with Gasteiger partial charge in [-0.05, 0) is 73.9 Å². The first-order chi connectivity index (χ1) is 20.9. The molecule has 0 spiro atoms. The van der Waals surface area contributed by atoms with Crippen LogP contribution in [0.3, 0.4) is 0 Å². The van der Waals surface area contributed by atoms with E-state index >= 15 is 0 Å². The van der Waals surface area contributed by atoms with Gasteiger partial charge in [-0.25, -0.2) is 4.79 Å². The molecule has 0 fully saturated rings. The molecule has 0 heterocycles. The number of alkyl carbamates (subject to hydrolysis) is 1. The van der Waals surface area contributed by atoms with Crippen LogP contribution in [-0.2, 0) is 20.7 Å². The van der Waals surface area contributed by atoms with E-state index in [-0.39, 0.29) is 12.2 Å². The van der Waals surface area contributed by atoms with Gasteiger partial charge in [-0.3, -0.25) is 9.59 Å². The normalized spacial score (nSPS) is 12.4. The quantitative estimate of drug-likeness (QED) is 0.204. The summed E-state index contributed by atoms with van der Waals surface area (Å²) < 4.78 is 5.43. The van der Waals surface area contributed by atoms with Gasteiger partial charge in [-0.1, -0.05) is 72.3 Å². The second-order valence-electron chi connectivity index (χ2n) is 11.6. The Morgan fingerprint density at radius 3 is 2.30 bits per heavy atom. The summed E-state index contributed by atoms with van der Waals surface area (Å²) in [6, 6.07) is 26.3.